The lowest BCUT2D eigenvalue weighted by Crippen LogP contribution is -2.35. The number of likely N-dealkylation sites (tertiary alicyclic amines) is 1. The molecular weight excluding hydrogens is 462 g/mol. The van der Waals surface area contributed by atoms with Gasteiger partial charge in [-0.1, -0.05) is 6.07 Å². The van der Waals surface area contributed by atoms with Crippen LogP contribution in [0.4, 0.5) is 11.5 Å². The fourth-order valence-corrected chi connectivity index (χ4v) is 4.32. The molecule has 1 aliphatic rings. The Morgan fingerprint density at radius 1 is 1.14 bits per heavy atom. The molecule has 4 heterocycles. The summed E-state index contributed by atoms with van der Waals surface area (Å²) in [6.07, 6.45) is 5.30. The van der Waals surface area contributed by atoms with Gasteiger partial charge >= 0.3 is 0 Å². The van der Waals surface area contributed by atoms with Crippen LogP contribution >= 0.6 is 0 Å². The number of ether oxygens (including phenoxy) is 3. The van der Waals surface area contributed by atoms with Gasteiger partial charge in [0, 0.05) is 30.5 Å². The second-order valence-electron chi connectivity index (χ2n) is 8.44. The highest BCUT2D eigenvalue weighted by atomic mass is 16.5. The summed E-state index contributed by atoms with van der Waals surface area (Å²) in [5, 5.41) is 20.7. The summed E-state index contributed by atoms with van der Waals surface area (Å²) in [5.74, 6) is 2.17. The van der Waals surface area contributed by atoms with Crippen molar-refractivity contribution in [3.05, 3.63) is 54.6 Å². The van der Waals surface area contributed by atoms with Crippen LogP contribution < -0.4 is 19.5 Å². The van der Waals surface area contributed by atoms with Gasteiger partial charge in [0.2, 0.25) is 5.88 Å². The van der Waals surface area contributed by atoms with E-state index in [4.69, 9.17) is 14.2 Å². The zero-order chi connectivity index (χ0) is 24.7. The van der Waals surface area contributed by atoms with Crippen LogP contribution in [-0.2, 0) is 6.61 Å². The molecule has 0 aliphatic carbocycles. The number of fused-ring (bicyclic) bond motifs is 1. The third kappa shape index (κ3) is 5.31. The molecule has 0 saturated carbocycles. The predicted molar refractivity (Wildman–Crippen MR) is 134 cm³/mol. The molecule has 11 heteroatoms. The Labute approximate surface area is 208 Å². The Morgan fingerprint density at radius 2 is 2.08 bits per heavy atom. The molecule has 0 unspecified atom stereocenters. The highest BCUT2D eigenvalue weighted by molar-refractivity contribution is 5.92. The lowest BCUT2D eigenvalue weighted by atomic mass is 10.2. The molecule has 3 N–H and O–H groups in total. The summed E-state index contributed by atoms with van der Waals surface area (Å²) in [5.41, 5.74) is 2.15. The van der Waals surface area contributed by atoms with Crippen molar-refractivity contribution in [1.29, 1.82) is 0 Å². The summed E-state index contributed by atoms with van der Waals surface area (Å²) in [4.78, 5) is 15.2. The van der Waals surface area contributed by atoms with Gasteiger partial charge in [0.25, 0.3) is 0 Å². The molecule has 1 atom stereocenters. The number of nitrogens with zero attached hydrogens (tertiary/aromatic N) is 5. The van der Waals surface area contributed by atoms with Crippen molar-refractivity contribution >= 4 is 22.5 Å². The number of nitrogens with one attached hydrogen (secondary N) is 2. The van der Waals surface area contributed by atoms with Gasteiger partial charge in [-0.2, -0.15) is 0 Å². The molecule has 4 aromatic rings. The van der Waals surface area contributed by atoms with Gasteiger partial charge in [-0.15, -0.1) is 5.10 Å². The minimum atomic E-state index is 0.170. The number of hydrogen-bond acceptors (Lipinski definition) is 10. The molecular formula is C25H29N7O4. The van der Waals surface area contributed by atoms with Crippen molar-refractivity contribution < 1.29 is 19.3 Å². The Hall–Kier alpha value is -3.96. The number of H-pyrrole nitrogens is 1. The molecule has 188 valence electrons. The Kier molecular flexibility index (Phi) is 7.39. The first-order chi connectivity index (χ1) is 17.7. The predicted octanol–water partition coefficient (Wildman–Crippen LogP) is 2.91. The SMILES string of the molecule is COc1cc(Nc2ncnc3[nH]nc(OCCN4CCC[C@@H]4CO)c23)ccc1OCc1ccccn1. The van der Waals surface area contributed by atoms with Gasteiger partial charge in [-0.05, 0) is 43.7 Å². The van der Waals surface area contributed by atoms with E-state index in [1.807, 2.05) is 36.4 Å². The number of aliphatic hydroxyl groups excluding tert-OH is 1. The van der Waals surface area contributed by atoms with Gasteiger partial charge < -0.3 is 24.6 Å². The quantitative estimate of drug-likeness (QED) is 0.288. The van der Waals surface area contributed by atoms with Crippen molar-refractivity contribution in [1.82, 2.24) is 30.0 Å². The van der Waals surface area contributed by atoms with Crippen LogP contribution in [0, 0.1) is 0 Å². The van der Waals surface area contributed by atoms with Gasteiger partial charge in [0.1, 0.15) is 30.7 Å². The third-order valence-corrected chi connectivity index (χ3v) is 6.18. The Bertz CT molecular complexity index is 1280. The van der Waals surface area contributed by atoms with E-state index >= 15 is 0 Å². The molecule has 36 heavy (non-hydrogen) atoms. The zero-order valence-electron chi connectivity index (χ0n) is 20.1. The summed E-state index contributed by atoms with van der Waals surface area (Å²) in [6.45, 7) is 2.63. The Morgan fingerprint density at radius 3 is 2.92 bits per heavy atom. The third-order valence-electron chi connectivity index (χ3n) is 6.18. The number of methoxy groups -OCH3 is 1. The molecule has 11 nitrogen and oxygen atoms in total. The first-order valence-corrected chi connectivity index (χ1v) is 11.9. The fraction of sp³-hybridized carbons (Fsp3) is 0.360. The lowest BCUT2D eigenvalue weighted by molar-refractivity contribution is 0.138. The number of aromatic amines is 1. The Balaban J connectivity index is 1.29. The smallest absolute Gasteiger partial charge is 0.246 e. The van der Waals surface area contributed by atoms with E-state index in [1.165, 1.54) is 6.33 Å². The van der Waals surface area contributed by atoms with Crippen molar-refractivity contribution in [2.75, 3.05) is 38.7 Å². The standard InChI is InChI=1S/C25H29N7O4/c1-34-21-13-17(7-8-20(21)36-15-18-5-2-3-9-26-18)29-23-22-24(28-16-27-23)30-31-25(22)35-12-11-32-10-4-6-19(32)14-33/h2-3,5,7-9,13,16,19,33H,4,6,10-12,14-15H2,1H3,(H2,27,28,29,30,31)/t19-/m1/s1. The average Bonchev–Trinajstić information content (AvgIpc) is 3.56. The van der Waals surface area contributed by atoms with Crippen LogP contribution in [0.25, 0.3) is 11.0 Å². The van der Waals surface area contributed by atoms with Gasteiger partial charge in [-0.3, -0.25) is 15.0 Å². The highest BCUT2D eigenvalue weighted by Gasteiger charge is 2.23. The fourth-order valence-electron chi connectivity index (χ4n) is 4.32. The first-order valence-electron chi connectivity index (χ1n) is 11.9. The molecule has 3 aromatic heterocycles. The monoisotopic (exact) mass is 491 g/mol. The summed E-state index contributed by atoms with van der Waals surface area (Å²) in [6, 6.07) is 11.5. The number of benzene rings is 1. The van der Waals surface area contributed by atoms with Crippen LogP contribution in [0.5, 0.6) is 17.4 Å². The molecule has 1 saturated heterocycles. The van der Waals surface area contributed by atoms with E-state index in [0.717, 1.165) is 30.8 Å². The van der Waals surface area contributed by atoms with Crippen LogP contribution in [0.3, 0.4) is 0 Å². The normalized spacial score (nSPS) is 15.8. The number of rotatable bonds is 11. The van der Waals surface area contributed by atoms with Gasteiger partial charge in [0.15, 0.2) is 17.1 Å². The lowest BCUT2D eigenvalue weighted by Gasteiger charge is -2.22. The van der Waals surface area contributed by atoms with E-state index in [0.29, 0.717) is 54.0 Å². The molecule has 0 spiro atoms. The zero-order valence-corrected chi connectivity index (χ0v) is 20.1. The number of aliphatic hydroxyl groups is 1. The van der Waals surface area contributed by atoms with Crippen molar-refractivity contribution in [3.63, 3.8) is 0 Å². The van der Waals surface area contributed by atoms with Crippen molar-refractivity contribution in [2.24, 2.45) is 0 Å². The first kappa shape index (κ1) is 23.8. The summed E-state index contributed by atoms with van der Waals surface area (Å²) < 4.78 is 17.4. The van der Waals surface area contributed by atoms with E-state index in [-0.39, 0.29) is 12.6 Å². The molecule has 1 aliphatic heterocycles. The van der Waals surface area contributed by atoms with Crippen LogP contribution in [0.15, 0.2) is 48.9 Å². The number of anilines is 2. The maximum Gasteiger partial charge on any atom is 0.246 e. The maximum absolute atomic E-state index is 9.53. The minimum Gasteiger partial charge on any atom is -0.493 e. The van der Waals surface area contributed by atoms with Gasteiger partial charge in [-0.25, -0.2) is 9.97 Å². The van der Waals surface area contributed by atoms with E-state index in [2.05, 4.69) is 35.4 Å². The molecule has 5 rings (SSSR count). The average molecular weight is 492 g/mol. The van der Waals surface area contributed by atoms with Crippen LogP contribution in [0.2, 0.25) is 0 Å². The van der Waals surface area contributed by atoms with Crippen LogP contribution in [-0.4, -0.2) is 74.6 Å². The maximum atomic E-state index is 9.53. The van der Waals surface area contributed by atoms with E-state index in [9.17, 15) is 5.11 Å². The molecule has 1 aromatic carbocycles. The van der Waals surface area contributed by atoms with E-state index in [1.54, 1.807) is 13.3 Å². The molecule has 0 bridgehead atoms. The second kappa shape index (κ2) is 11.2. The second-order valence-corrected chi connectivity index (χ2v) is 8.44. The van der Waals surface area contributed by atoms with Crippen LogP contribution in [0.1, 0.15) is 18.5 Å². The summed E-state index contributed by atoms with van der Waals surface area (Å²) >= 11 is 0. The highest BCUT2D eigenvalue weighted by Crippen LogP contribution is 2.34. The number of pyridine rings is 1. The number of hydrogen-bond donors (Lipinski definition) is 3. The molecule has 0 radical (unpaired) electrons. The van der Waals surface area contributed by atoms with E-state index < -0.39 is 0 Å². The summed E-state index contributed by atoms with van der Waals surface area (Å²) in [7, 11) is 1.60. The largest absolute Gasteiger partial charge is 0.493 e. The number of aromatic nitrogens is 5. The topological polar surface area (TPSA) is 131 Å². The van der Waals surface area contributed by atoms with Crippen molar-refractivity contribution in [2.45, 2.75) is 25.5 Å². The minimum absolute atomic E-state index is 0.170. The molecule has 0 amide bonds. The van der Waals surface area contributed by atoms with Gasteiger partial charge in [0.05, 0.1) is 19.4 Å². The molecule has 1 fully saturated rings. The van der Waals surface area contributed by atoms with Crippen molar-refractivity contribution in [3.8, 4) is 17.4 Å².